The smallest absolute Gasteiger partial charge is 0.229 e. The third kappa shape index (κ3) is 3.99. The first-order chi connectivity index (χ1) is 6.33. The Labute approximate surface area is 83.8 Å². The van der Waals surface area contributed by atoms with Gasteiger partial charge in [-0.1, -0.05) is 30.3 Å². The molecule has 0 spiro atoms. The van der Waals surface area contributed by atoms with Crippen molar-refractivity contribution >= 4 is 18.5 Å². The van der Waals surface area contributed by atoms with Crippen molar-refractivity contribution in [2.75, 3.05) is 12.3 Å². The Morgan fingerprint density at radius 3 is 2.62 bits per heavy atom. The summed E-state index contributed by atoms with van der Waals surface area (Å²) in [5, 5.41) is 2.77. The second kappa shape index (κ2) is 5.65. The maximum atomic E-state index is 10.8. The van der Waals surface area contributed by atoms with Gasteiger partial charge < -0.3 is 5.32 Å². The highest BCUT2D eigenvalue weighted by molar-refractivity contribution is 7.81. The van der Waals surface area contributed by atoms with Crippen LogP contribution >= 0.6 is 12.6 Å². The third-order valence-corrected chi connectivity index (χ3v) is 2.01. The number of carbonyl (C=O) groups excluding carboxylic acids is 1. The highest BCUT2D eigenvalue weighted by atomic mass is 32.1. The molecule has 1 aromatic carbocycles. The molecule has 1 aromatic rings. The number of nitrogens with one attached hydrogen (secondary N) is 1. The molecule has 1 amide bonds. The second-order valence-corrected chi connectivity index (χ2v) is 3.06. The van der Waals surface area contributed by atoms with Crippen molar-refractivity contribution in [2.24, 2.45) is 0 Å². The standard InChI is InChI=1S/C10H13NOS/c12-10(8-13)11-7-6-9-4-2-1-3-5-9/h1-5,13H,6-8H2,(H,11,12). The molecule has 2 nitrogen and oxygen atoms in total. The molecule has 0 atom stereocenters. The SMILES string of the molecule is O=C(CS)NCCc1ccccc1. The fraction of sp³-hybridized carbons (Fsp3) is 0.300. The van der Waals surface area contributed by atoms with Gasteiger partial charge in [-0.3, -0.25) is 4.79 Å². The minimum absolute atomic E-state index is 0.0146. The average Bonchev–Trinajstić information content (AvgIpc) is 2.19. The molecule has 1 N–H and O–H groups in total. The Hall–Kier alpha value is -0.960. The van der Waals surface area contributed by atoms with E-state index in [-0.39, 0.29) is 11.7 Å². The zero-order valence-electron chi connectivity index (χ0n) is 7.36. The molecule has 0 bridgehead atoms. The summed E-state index contributed by atoms with van der Waals surface area (Å²) in [5.74, 6) is 0.244. The summed E-state index contributed by atoms with van der Waals surface area (Å²) in [5.41, 5.74) is 1.24. The van der Waals surface area contributed by atoms with Crippen LogP contribution in [0.15, 0.2) is 30.3 Å². The number of carbonyl (C=O) groups is 1. The maximum absolute atomic E-state index is 10.8. The zero-order chi connectivity index (χ0) is 9.52. The second-order valence-electron chi connectivity index (χ2n) is 2.74. The number of hydrogen-bond acceptors (Lipinski definition) is 2. The Kier molecular flexibility index (Phi) is 4.40. The van der Waals surface area contributed by atoms with E-state index in [0.717, 1.165) is 6.42 Å². The fourth-order valence-corrected chi connectivity index (χ4v) is 1.16. The largest absolute Gasteiger partial charge is 0.355 e. The van der Waals surface area contributed by atoms with Gasteiger partial charge in [0.15, 0.2) is 0 Å². The predicted octanol–water partition coefficient (Wildman–Crippen LogP) is 1.28. The van der Waals surface area contributed by atoms with Crippen LogP contribution in [-0.4, -0.2) is 18.2 Å². The molecule has 0 aliphatic carbocycles. The van der Waals surface area contributed by atoms with Crippen LogP contribution in [0.25, 0.3) is 0 Å². The Bertz CT molecular complexity index is 261. The quantitative estimate of drug-likeness (QED) is 0.696. The van der Waals surface area contributed by atoms with E-state index in [1.54, 1.807) is 0 Å². The molecule has 0 aromatic heterocycles. The van der Waals surface area contributed by atoms with Crippen LogP contribution in [-0.2, 0) is 11.2 Å². The maximum Gasteiger partial charge on any atom is 0.229 e. The van der Waals surface area contributed by atoms with Crippen LogP contribution in [0.1, 0.15) is 5.56 Å². The van der Waals surface area contributed by atoms with Gasteiger partial charge in [-0.05, 0) is 12.0 Å². The molecule has 1 rings (SSSR count). The Morgan fingerprint density at radius 1 is 1.31 bits per heavy atom. The number of thiol groups is 1. The molecule has 0 saturated heterocycles. The molecule has 13 heavy (non-hydrogen) atoms. The van der Waals surface area contributed by atoms with Gasteiger partial charge in [0, 0.05) is 6.54 Å². The Balaban J connectivity index is 2.24. The topological polar surface area (TPSA) is 29.1 Å². The van der Waals surface area contributed by atoms with Crippen molar-refractivity contribution in [3.05, 3.63) is 35.9 Å². The van der Waals surface area contributed by atoms with Crippen LogP contribution < -0.4 is 5.32 Å². The molecule has 0 unspecified atom stereocenters. The van der Waals surface area contributed by atoms with Crippen LogP contribution in [0.2, 0.25) is 0 Å². The van der Waals surface area contributed by atoms with Gasteiger partial charge in [-0.15, -0.1) is 0 Å². The minimum Gasteiger partial charge on any atom is -0.355 e. The van der Waals surface area contributed by atoms with E-state index < -0.39 is 0 Å². The first-order valence-corrected chi connectivity index (χ1v) is 4.87. The summed E-state index contributed by atoms with van der Waals surface area (Å²) >= 11 is 3.86. The van der Waals surface area contributed by atoms with E-state index >= 15 is 0 Å². The van der Waals surface area contributed by atoms with E-state index in [0.29, 0.717) is 6.54 Å². The fourth-order valence-electron chi connectivity index (χ4n) is 1.05. The van der Waals surface area contributed by atoms with Gasteiger partial charge in [0.2, 0.25) is 5.91 Å². The van der Waals surface area contributed by atoms with Crippen molar-refractivity contribution in [1.82, 2.24) is 5.32 Å². The predicted molar refractivity (Wildman–Crippen MR) is 57.0 cm³/mol. The van der Waals surface area contributed by atoms with Crippen molar-refractivity contribution in [3.63, 3.8) is 0 Å². The number of benzene rings is 1. The lowest BCUT2D eigenvalue weighted by Crippen LogP contribution is -2.26. The molecule has 0 radical (unpaired) electrons. The summed E-state index contributed by atoms with van der Waals surface area (Å²) in [4.78, 5) is 10.8. The summed E-state index contributed by atoms with van der Waals surface area (Å²) in [7, 11) is 0. The van der Waals surface area contributed by atoms with E-state index in [2.05, 4.69) is 17.9 Å². The van der Waals surface area contributed by atoms with E-state index in [9.17, 15) is 4.79 Å². The number of rotatable bonds is 4. The lowest BCUT2D eigenvalue weighted by Gasteiger charge is -2.02. The highest BCUT2D eigenvalue weighted by Gasteiger charge is 1.95. The van der Waals surface area contributed by atoms with Gasteiger partial charge in [-0.25, -0.2) is 0 Å². The van der Waals surface area contributed by atoms with Gasteiger partial charge in [0.05, 0.1) is 5.75 Å². The molecular weight excluding hydrogens is 182 g/mol. The third-order valence-electron chi connectivity index (χ3n) is 1.72. The molecule has 0 aliphatic rings. The summed E-state index contributed by atoms with van der Waals surface area (Å²) in [6.45, 7) is 0.684. The van der Waals surface area contributed by atoms with E-state index in [1.165, 1.54) is 5.56 Å². The van der Waals surface area contributed by atoms with Crippen LogP contribution in [0, 0.1) is 0 Å². The molecule has 3 heteroatoms. The molecule has 0 fully saturated rings. The lowest BCUT2D eigenvalue weighted by atomic mass is 10.1. The van der Waals surface area contributed by atoms with Crippen molar-refractivity contribution in [1.29, 1.82) is 0 Å². The van der Waals surface area contributed by atoms with Crippen LogP contribution in [0.3, 0.4) is 0 Å². The van der Waals surface area contributed by atoms with Crippen LogP contribution in [0.5, 0.6) is 0 Å². The van der Waals surface area contributed by atoms with E-state index in [4.69, 9.17) is 0 Å². The molecule has 0 aliphatic heterocycles. The van der Waals surface area contributed by atoms with Gasteiger partial charge in [-0.2, -0.15) is 12.6 Å². The normalized spacial score (nSPS) is 9.62. The van der Waals surface area contributed by atoms with E-state index in [1.807, 2.05) is 30.3 Å². The molecular formula is C10H13NOS. The van der Waals surface area contributed by atoms with Crippen molar-refractivity contribution < 1.29 is 4.79 Å². The Morgan fingerprint density at radius 2 is 2.00 bits per heavy atom. The highest BCUT2D eigenvalue weighted by Crippen LogP contribution is 1.97. The monoisotopic (exact) mass is 195 g/mol. The van der Waals surface area contributed by atoms with Crippen molar-refractivity contribution in [3.8, 4) is 0 Å². The number of amides is 1. The lowest BCUT2D eigenvalue weighted by molar-refractivity contribution is -0.118. The average molecular weight is 195 g/mol. The molecule has 0 saturated carbocycles. The summed E-state index contributed by atoms with van der Waals surface area (Å²) in [6.07, 6.45) is 0.875. The van der Waals surface area contributed by atoms with Gasteiger partial charge >= 0.3 is 0 Å². The van der Waals surface area contributed by atoms with Crippen molar-refractivity contribution in [2.45, 2.75) is 6.42 Å². The molecule has 70 valence electrons. The first-order valence-electron chi connectivity index (χ1n) is 4.24. The minimum atomic E-state index is -0.0146. The summed E-state index contributed by atoms with van der Waals surface area (Å²) < 4.78 is 0. The molecule has 0 heterocycles. The van der Waals surface area contributed by atoms with Gasteiger partial charge in [0.25, 0.3) is 0 Å². The summed E-state index contributed by atoms with van der Waals surface area (Å²) in [6, 6.07) is 10.1. The first kappa shape index (κ1) is 10.1. The van der Waals surface area contributed by atoms with Gasteiger partial charge in [0.1, 0.15) is 0 Å². The number of hydrogen-bond donors (Lipinski definition) is 2. The zero-order valence-corrected chi connectivity index (χ0v) is 8.26. The van der Waals surface area contributed by atoms with Crippen LogP contribution in [0.4, 0.5) is 0 Å².